The van der Waals surface area contributed by atoms with Crippen molar-refractivity contribution in [1.82, 2.24) is 4.98 Å². The van der Waals surface area contributed by atoms with Gasteiger partial charge in [-0.1, -0.05) is 41.7 Å². The lowest BCUT2D eigenvalue weighted by Gasteiger charge is -2.05. The van der Waals surface area contributed by atoms with Gasteiger partial charge in [0, 0.05) is 24.9 Å². The molecule has 2 rings (SSSR count). The van der Waals surface area contributed by atoms with Crippen molar-refractivity contribution in [2.24, 2.45) is 0 Å². The Morgan fingerprint density at radius 1 is 1.20 bits per heavy atom. The van der Waals surface area contributed by atoms with Crippen LogP contribution in [0.15, 0.2) is 30.3 Å². The van der Waals surface area contributed by atoms with E-state index in [0.29, 0.717) is 4.88 Å². The van der Waals surface area contributed by atoms with E-state index >= 15 is 0 Å². The minimum atomic E-state index is -0.144. The highest BCUT2D eigenvalue weighted by molar-refractivity contribution is 7.19. The van der Waals surface area contributed by atoms with Crippen molar-refractivity contribution < 1.29 is 5.11 Å². The van der Waals surface area contributed by atoms with Gasteiger partial charge in [-0.3, -0.25) is 0 Å². The molecule has 0 aliphatic rings. The molecule has 1 aromatic heterocycles. The fourth-order valence-electron chi connectivity index (χ4n) is 1.26. The molecule has 0 bridgehead atoms. The fourth-order valence-corrected chi connectivity index (χ4v) is 2.14. The topological polar surface area (TPSA) is 39.2 Å². The van der Waals surface area contributed by atoms with Crippen molar-refractivity contribution in [3.05, 3.63) is 30.3 Å². The summed E-state index contributed by atoms with van der Waals surface area (Å²) in [6.45, 7) is 0. The van der Waals surface area contributed by atoms with Crippen LogP contribution in [0.1, 0.15) is 0 Å². The molecular weight excluding hydrogens is 208 g/mol. The minimum Gasteiger partial charge on any atom is -0.858 e. The van der Waals surface area contributed by atoms with Crippen LogP contribution >= 0.6 is 11.3 Å². The van der Waals surface area contributed by atoms with Gasteiger partial charge in [-0.25, -0.2) is 4.98 Å². The number of benzene rings is 1. The van der Waals surface area contributed by atoms with Crippen molar-refractivity contribution in [3.8, 4) is 16.3 Å². The molecule has 0 amide bonds. The number of thiazole rings is 1. The molecule has 78 valence electrons. The first-order valence-corrected chi connectivity index (χ1v) is 5.40. The summed E-state index contributed by atoms with van der Waals surface area (Å²) in [5, 5.41) is 12.4. The summed E-state index contributed by atoms with van der Waals surface area (Å²) in [5.41, 5.74) is 0.938. The lowest BCUT2D eigenvalue weighted by atomic mass is 10.2. The van der Waals surface area contributed by atoms with Crippen LogP contribution in [0.3, 0.4) is 0 Å². The van der Waals surface area contributed by atoms with E-state index in [2.05, 4.69) is 4.98 Å². The Bertz CT molecular complexity index is 451. The quantitative estimate of drug-likeness (QED) is 0.775. The number of rotatable bonds is 2. The standard InChI is InChI=1S/C11H12N2OS/c1-13(2)11-12-10(14)9(15-11)8-6-4-3-5-7-8/h3-7,14H,1-2H3/p-1. The number of aromatic nitrogens is 1. The highest BCUT2D eigenvalue weighted by Gasteiger charge is 2.07. The summed E-state index contributed by atoms with van der Waals surface area (Å²) in [6, 6.07) is 9.62. The Balaban J connectivity index is 2.45. The van der Waals surface area contributed by atoms with Gasteiger partial charge in [0.25, 0.3) is 0 Å². The summed E-state index contributed by atoms with van der Waals surface area (Å²) in [5.74, 6) is -0.144. The van der Waals surface area contributed by atoms with E-state index < -0.39 is 0 Å². The average Bonchev–Trinajstić information content (AvgIpc) is 2.62. The van der Waals surface area contributed by atoms with Crippen LogP contribution in [0.25, 0.3) is 10.4 Å². The number of hydrogen-bond donors (Lipinski definition) is 0. The van der Waals surface area contributed by atoms with E-state index in [1.54, 1.807) is 0 Å². The third kappa shape index (κ3) is 1.94. The van der Waals surface area contributed by atoms with E-state index in [1.807, 2.05) is 49.3 Å². The van der Waals surface area contributed by atoms with Crippen molar-refractivity contribution in [1.29, 1.82) is 0 Å². The highest BCUT2D eigenvalue weighted by atomic mass is 32.1. The second-order valence-corrected chi connectivity index (χ2v) is 4.37. The first kappa shape index (κ1) is 9.98. The third-order valence-electron chi connectivity index (χ3n) is 2.00. The van der Waals surface area contributed by atoms with Crippen LogP contribution in [-0.4, -0.2) is 19.1 Å². The van der Waals surface area contributed by atoms with Crippen LogP contribution in [0, 0.1) is 0 Å². The second kappa shape index (κ2) is 3.90. The molecule has 0 atom stereocenters. The number of hydrogen-bond acceptors (Lipinski definition) is 4. The molecule has 0 aliphatic carbocycles. The maximum absolute atomic E-state index is 11.6. The Kier molecular flexibility index (Phi) is 2.60. The largest absolute Gasteiger partial charge is 0.858 e. The van der Waals surface area contributed by atoms with Gasteiger partial charge in [-0.05, 0) is 5.56 Å². The van der Waals surface area contributed by atoms with Gasteiger partial charge in [0.15, 0.2) is 5.13 Å². The molecule has 0 radical (unpaired) electrons. The lowest BCUT2D eigenvalue weighted by Crippen LogP contribution is -2.08. The van der Waals surface area contributed by atoms with E-state index in [-0.39, 0.29) is 5.88 Å². The van der Waals surface area contributed by atoms with Crippen LogP contribution < -0.4 is 10.0 Å². The molecule has 0 saturated carbocycles. The Morgan fingerprint density at radius 3 is 2.40 bits per heavy atom. The Morgan fingerprint density at radius 2 is 1.87 bits per heavy atom. The molecule has 2 aromatic rings. The molecule has 3 nitrogen and oxygen atoms in total. The molecule has 15 heavy (non-hydrogen) atoms. The smallest absolute Gasteiger partial charge is 0.184 e. The molecule has 4 heteroatoms. The molecule has 0 spiro atoms. The predicted molar refractivity (Wildman–Crippen MR) is 61.3 cm³/mol. The molecule has 1 heterocycles. The van der Waals surface area contributed by atoms with Crippen LogP contribution in [0.4, 0.5) is 5.13 Å². The summed E-state index contributed by atoms with van der Waals surface area (Å²) in [7, 11) is 3.76. The summed E-state index contributed by atoms with van der Waals surface area (Å²) in [4.78, 5) is 6.53. The van der Waals surface area contributed by atoms with Gasteiger partial charge in [0.05, 0.1) is 0 Å². The van der Waals surface area contributed by atoms with Gasteiger partial charge >= 0.3 is 0 Å². The maximum atomic E-state index is 11.6. The van der Waals surface area contributed by atoms with Crippen molar-refractivity contribution in [2.75, 3.05) is 19.0 Å². The minimum absolute atomic E-state index is 0.144. The first-order valence-electron chi connectivity index (χ1n) is 4.59. The van der Waals surface area contributed by atoms with E-state index in [1.165, 1.54) is 11.3 Å². The monoisotopic (exact) mass is 219 g/mol. The van der Waals surface area contributed by atoms with E-state index in [0.717, 1.165) is 10.7 Å². The van der Waals surface area contributed by atoms with Crippen LogP contribution in [-0.2, 0) is 0 Å². The van der Waals surface area contributed by atoms with E-state index in [4.69, 9.17) is 0 Å². The van der Waals surface area contributed by atoms with E-state index in [9.17, 15) is 5.11 Å². The fraction of sp³-hybridized carbons (Fsp3) is 0.182. The highest BCUT2D eigenvalue weighted by Crippen LogP contribution is 2.36. The second-order valence-electron chi connectivity index (χ2n) is 3.39. The zero-order valence-electron chi connectivity index (χ0n) is 8.60. The molecule has 0 aliphatic heterocycles. The zero-order chi connectivity index (χ0) is 10.8. The molecule has 0 saturated heterocycles. The summed E-state index contributed by atoms with van der Waals surface area (Å²) in [6.07, 6.45) is 0. The maximum Gasteiger partial charge on any atom is 0.184 e. The molecule has 0 N–H and O–H groups in total. The van der Waals surface area contributed by atoms with Crippen LogP contribution in [0.5, 0.6) is 5.88 Å². The first-order chi connectivity index (χ1) is 7.18. The summed E-state index contributed by atoms with van der Waals surface area (Å²) >= 11 is 1.42. The SMILES string of the molecule is CN(C)c1nc([O-])c(-c2ccccc2)s1. The number of anilines is 1. The molecular formula is C11H11N2OS-. The Labute approximate surface area is 92.6 Å². The van der Waals surface area contributed by atoms with Gasteiger partial charge in [0.2, 0.25) is 0 Å². The zero-order valence-corrected chi connectivity index (χ0v) is 9.41. The Hall–Kier alpha value is -1.55. The third-order valence-corrected chi connectivity index (χ3v) is 3.26. The average molecular weight is 219 g/mol. The van der Waals surface area contributed by atoms with Gasteiger partial charge < -0.3 is 10.0 Å². The normalized spacial score (nSPS) is 10.3. The number of nitrogens with zero attached hydrogens (tertiary/aromatic N) is 2. The van der Waals surface area contributed by atoms with Crippen LogP contribution in [0.2, 0.25) is 0 Å². The van der Waals surface area contributed by atoms with Gasteiger partial charge in [-0.2, -0.15) is 0 Å². The molecule has 0 fully saturated rings. The van der Waals surface area contributed by atoms with Gasteiger partial charge in [-0.15, -0.1) is 0 Å². The lowest BCUT2D eigenvalue weighted by molar-refractivity contribution is -0.273. The van der Waals surface area contributed by atoms with Crippen molar-refractivity contribution in [3.63, 3.8) is 0 Å². The van der Waals surface area contributed by atoms with Crippen molar-refractivity contribution >= 4 is 16.5 Å². The molecule has 0 unspecified atom stereocenters. The molecule has 1 aromatic carbocycles. The summed E-state index contributed by atoms with van der Waals surface area (Å²) < 4.78 is 0. The predicted octanol–water partition coefficient (Wildman–Crippen LogP) is 1.95. The van der Waals surface area contributed by atoms with Crippen molar-refractivity contribution in [2.45, 2.75) is 0 Å². The van der Waals surface area contributed by atoms with Gasteiger partial charge in [0.1, 0.15) is 0 Å².